The highest BCUT2D eigenvalue weighted by molar-refractivity contribution is 5.76. The zero-order chi connectivity index (χ0) is 5.86. The molecule has 0 spiro atoms. The van der Waals surface area contributed by atoms with Crippen molar-refractivity contribution in [1.82, 2.24) is 11.3 Å². The fourth-order valence-electron chi connectivity index (χ4n) is 0.0667. The molecule has 0 rings (SSSR count). The Morgan fingerprint density at radius 2 is 1.75 bits per heavy atom. The summed E-state index contributed by atoms with van der Waals surface area (Å²) in [6, 6.07) is 0. The van der Waals surface area contributed by atoms with Crippen LogP contribution < -0.4 is 29.4 Å². The van der Waals surface area contributed by atoms with E-state index < -0.39 is 0 Å². The summed E-state index contributed by atoms with van der Waals surface area (Å²) in [6.45, 7) is 0. The Bertz CT molecular complexity index is 72.5. The smallest absolute Gasteiger partial charge is 0.242 e. The molecule has 0 aliphatic rings. The first kappa shape index (κ1) is 10.0. The molecular weight excluding hydrogens is 110 g/mol. The van der Waals surface area contributed by atoms with Crippen molar-refractivity contribution in [3.05, 3.63) is 0 Å². The molecule has 0 fully saturated rings. The Labute approximate surface area is 46.8 Å². The Kier molecular flexibility index (Phi) is 5.17. The highest BCUT2D eigenvalue weighted by Crippen LogP contribution is 1.55. The lowest BCUT2D eigenvalue weighted by Gasteiger charge is -2.06. The molecule has 0 radical (unpaired) electrons. The van der Waals surface area contributed by atoms with Gasteiger partial charge in [0.25, 0.3) is 0 Å². The number of guanidine groups is 1. The molecule has 0 aliphatic carbocycles. The quantitative estimate of drug-likeness (QED) is 0.102. The van der Waals surface area contributed by atoms with Crippen molar-refractivity contribution in [2.75, 3.05) is 0 Å². The van der Waals surface area contributed by atoms with Crippen molar-refractivity contribution in [3.8, 4) is 0 Å². The number of hydrogen-bond acceptors (Lipinski definition) is 5. The van der Waals surface area contributed by atoms with Gasteiger partial charge in [-0.2, -0.15) is 0 Å². The first-order valence-electron chi connectivity index (χ1n) is 1.51. The van der Waals surface area contributed by atoms with Crippen molar-refractivity contribution in [2.45, 2.75) is 0 Å². The van der Waals surface area contributed by atoms with Crippen LogP contribution in [-0.2, 0) is 0 Å². The third-order valence-electron chi connectivity index (χ3n) is 0.397. The molecule has 50 valence electrons. The molecule has 0 unspecified atom stereocenters. The van der Waals surface area contributed by atoms with Crippen molar-refractivity contribution in [2.24, 2.45) is 28.4 Å². The minimum atomic E-state index is -0.111. The minimum absolute atomic E-state index is 0. The van der Waals surface area contributed by atoms with Gasteiger partial charge >= 0.3 is 0 Å². The molecule has 8 heavy (non-hydrogen) atoms. The van der Waals surface area contributed by atoms with Crippen LogP contribution in [-0.4, -0.2) is 11.1 Å². The highest BCUT2D eigenvalue weighted by Gasteiger charge is 1.88. The Morgan fingerprint density at radius 1 is 1.38 bits per heavy atom. The van der Waals surface area contributed by atoms with E-state index in [4.69, 9.17) is 17.4 Å². The van der Waals surface area contributed by atoms with E-state index in [1.54, 1.807) is 0 Å². The lowest BCUT2D eigenvalue weighted by Crippen LogP contribution is -2.48. The second-order valence-corrected chi connectivity index (χ2v) is 0.895. The molecular formula is CH11N7. The summed E-state index contributed by atoms with van der Waals surface area (Å²) in [5.41, 5.74) is 4.92. The van der Waals surface area contributed by atoms with Gasteiger partial charge in [0.05, 0.1) is 0 Å². The average molecular weight is 121 g/mol. The molecule has 0 saturated heterocycles. The van der Waals surface area contributed by atoms with E-state index in [-0.39, 0.29) is 12.1 Å². The molecule has 0 aromatic rings. The first-order chi connectivity index (χ1) is 3.18. The fourth-order valence-corrected chi connectivity index (χ4v) is 0.0667. The largest absolute Gasteiger partial charge is 0.366 e. The summed E-state index contributed by atoms with van der Waals surface area (Å²) in [6.07, 6.45) is 0. The number of nitrogens with zero attached hydrogens (tertiary/aromatic N) is 2. The monoisotopic (exact) mass is 121 g/mol. The Hall–Kier alpha value is -1.05. The van der Waals surface area contributed by atoms with E-state index in [2.05, 4.69) is 10.9 Å². The van der Waals surface area contributed by atoms with E-state index in [9.17, 15) is 0 Å². The summed E-state index contributed by atoms with van der Waals surface area (Å²) in [5.74, 6) is 14.2. The highest BCUT2D eigenvalue weighted by atomic mass is 15.6. The van der Waals surface area contributed by atoms with E-state index in [0.717, 1.165) is 0 Å². The third-order valence-corrected chi connectivity index (χ3v) is 0.397. The third kappa shape index (κ3) is 3.15. The molecule has 0 bridgehead atoms. The summed E-state index contributed by atoms with van der Waals surface area (Å²) < 4.78 is 0. The summed E-state index contributed by atoms with van der Waals surface area (Å²) in [5, 5.41) is 3.58. The molecule has 0 aromatic carbocycles. The number of hydrazine groups is 2. The maximum atomic E-state index is 4.92. The average Bonchev–Trinajstić information content (AvgIpc) is 1.65. The van der Waals surface area contributed by atoms with Crippen LogP contribution in [0.4, 0.5) is 0 Å². The van der Waals surface area contributed by atoms with Crippen LogP contribution >= 0.6 is 0 Å². The second-order valence-electron chi connectivity index (χ2n) is 0.895. The van der Waals surface area contributed by atoms with Crippen LogP contribution in [0.25, 0.3) is 0 Å². The van der Waals surface area contributed by atoms with Gasteiger partial charge in [-0.05, 0) is 0 Å². The molecule has 0 amide bonds. The predicted molar refractivity (Wildman–Crippen MR) is 31.0 cm³/mol. The molecule has 0 saturated carbocycles. The lowest BCUT2D eigenvalue weighted by atomic mass is 11.0. The number of rotatable bonds is 0. The van der Waals surface area contributed by atoms with Gasteiger partial charge in [-0.3, -0.25) is 0 Å². The van der Waals surface area contributed by atoms with Crippen molar-refractivity contribution in [3.63, 3.8) is 0 Å². The van der Waals surface area contributed by atoms with Crippen LogP contribution in [0.15, 0.2) is 5.10 Å². The van der Waals surface area contributed by atoms with Gasteiger partial charge in [0.1, 0.15) is 0 Å². The molecule has 7 heteroatoms. The molecule has 11 N–H and O–H groups in total. The van der Waals surface area contributed by atoms with Crippen molar-refractivity contribution < 1.29 is 0 Å². The predicted octanol–water partition coefficient (Wildman–Crippen LogP) is -2.61. The van der Waals surface area contributed by atoms with Gasteiger partial charge in [0.2, 0.25) is 5.96 Å². The van der Waals surface area contributed by atoms with Crippen LogP contribution in [0.3, 0.4) is 0 Å². The maximum absolute atomic E-state index is 4.92. The van der Waals surface area contributed by atoms with Crippen LogP contribution in [0.2, 0.25) is 0 Å². The van der Waals surface area contributed by atoms with E-state index in [1.165, 1.54) is 0 Å². The van der Waals surface area contributed by atoms with Crippen LogP contribution in [0.1, 0.15) is 0 Å². The Balaban J connectivity index is 0. The Morgan fingerprint density at radius 3 is 1.75 bits per heavy atom. The lowest BCUT2D eigenvalue weighted by molar-refractivity contribution is 0.457. The van der Waals surface area contributed by atoms with Crippen molar-refractivity contribution >= 4 is 5.96 Å². The number of nitrogens with two attached hydrogens (primary N) is 4. The number of hydrogen-bond donors (Lipinski definition) is 5. The van der Waals surface area contributed by atoms with Gasteiger partial charge in [0.15, 0.2) is 0 Å². The van der Waals surface area contributed by atoms with E-state index >= 15 is 0 Å². The van der Waals surface area contributed by atoms with Gasteiger partial charge in [-0.25, -0.2) is 16.8 Å². The van der Waals surface area contributed by atoms with E-state index in [1.807, 2.05) is 0 Å². The molecule has 0 aliphatic heterocycles. The molecule has 0 atom stereocenters. The van der Waals surface area contributed by atoms with Crippen LogP contribution in [0.5, 0.6) is 0 Å². The second kappa shape index (κ2) is 4.12. The molecule has 0 heterocycles. The molecule has 0 aromatic heterocycles. The zero-order valence-corrected chi connectivity index (χ0v) is 4.41. The van der Waals surface area contributed by atoms with Gasteiger partial charge in [-0.15, -0.1) is 5.10 Å². The van der Waals surface area contributed by atoms with Gasteiger partial charge < -0.3 is 17.7 Å². The van der Waals surface area contributed by atoms with Gasteiger partial charge in [-0.1, -0.05) is 0 Å². The minimum Gasteiger partial charge on any atom is -0.366 e. The SMILES string of the molecule is N.NN=C(N)N(N)N. The van der Waals surface area contributed by atoms with Crippen molar-refractivity contribution in [1.29, 1.82) is 0 Å². The van der Waals surface area contributed by atoms with E-state index in [0.29, 0.717) is 5.12 Å². The molecule has 7 nitrogen and oxygen atoms in total. The fraction of sp³-hybridized carbons (Fsp3) is 0. The maximum Gasteiger partial charge on any atom is 0.242 e. The zero-order valence-electron chi connectivity index (χ0n) is 4.41. The summed E-state index contributed by atoms with van der Waals surface area (Å²) in [7, 11) is 0. The standard InChI is InChI=1S/CH8N6.H3N/c2-1(6-3)7(4)5;/h3-5H2,(H2,2,6);1H3. The first-order valence-corrected chi connectivity index (χ1v) is 1.51. The summed E-state index contributed by atoms with van der Waals surface area (Å²) in [4.78, 5) is 0. The number of hydrazone groups is 1. The topological polar surface area (TPSA) is 155 Å². The van der Waals surface area contributed by atoms with Gasteiger partial charge in [0, 0.05) is 0 Å². The summed E-state index contributed by atoms with van der Waals surface area (Å²) >= 11 is 0. The van der Waals surface area contributed by atoms with Crippen LogP contribution in [0, 0.1) is 0 Å². The normalized spacial score (nSPS) is 10.0.